The number of rotatable bonds is 5. The molecule has 0 bridgehead atoms. The summed E-state index contributed by atoms with van der Waals surface area (Å²) in [5.41, 5.74) is 3.96. The van der Waals surface area contributed by atoms with E-state index in [1.807, 2.05) is 68.4 Å². The average molecular weight is 362 g/mol. The number of nitrogens with zero attached hydrogens (tertiary/aromatic N) is 1. The molecule has 0 aromatic heterocycles. The van der Waals surface area contributed by atoms with Crippen LogP contribution < -0.4 is 15.5 Å². The molecule has 0 unspecified atom stereocenters. The van der Waals surface area contributed by atoms with Gasteiger partial charge in [-0.25, -0.2) is 0 Å². The molecule has 0 fully saturated rings. The molecule has 0 spiro atoms. The number of carbonyl (C=O) groups excluding carboxylic acids is 1. The van der Waals surface area contributed by atoms with Crippen molar-refractivity contribution in [2.45, 2.75) is 6.92 Å². The fourth-order valence-corrected chi connectivity index (χ4v) is 2.57. The number of aryl methyl sites for hydroxylation is 1. The SMILES string of the molecule is Cc1ccc(NC(=O)CNc2ccc(N(C)C)cc2)c(Br)c1. The smallest absolute Gasteiger partial charge is 0.243 e. The first-order valence-electron chi connectivity index (χ1n) is 7.03. The van der Waals surface area contributed by atoms with Crippen LogP contribution >= 0.6 is 15.9 Å². The summed E-state index contributed by atoms with van der Waals surface area (Å²) in [4.78, 5) is 14.0. The number of halogens is 1. The second-order valence-corrected chi connectivity index (χ2v) is 6.18. The zero-order valence-corrected chi connectivity index (χ0v) is 14.6. The van der Waals surface area contributed by atoms with E-state index in [4.69, 9.17) is 0 Å². The molecule has 0 saturated carbocycles. The van der Waals surface area contributed by atoms with Crippen LogP contribution in [0, 0.1) is 6.92 Å². The van der Waals surface area contributed by atoms with Crippen LogP contribution in [-0.2, 0) is 4.79 Å². The first-order valence-corrected chi connectivity index (χ1v) is 7.82. The van der Waals surface area contributed by atoms with Gasteiger partial charge in [0.25, 0.3) is 0 Å². The number of carbonyl (C=O) groups is 1. The van der Waals surface area contributed by atoms with Gasteiger partial charge in [-0.3, -0.25) is 4.79 Å². The van der Waals surface area contributed by atoms with E-state index in [0.29, 0.717) is 0 Å². The summed E-state index contributed by atoms with van der Waals surface area (Å²) in [5.74, 6) is -0.0822. The maximum Gasteiger partial charge on any atom is 0.243 e. The Balaban J connectivity index is 1.89. The minimum atomic E-state index is -0.0822. The standard InChI is InChI=1S/C17H20BrN3O/c1-12-4-9-16(15(18)10-12)20-17(22)11-19-13-5-7-14(8-6-13)21(2)3/h4-10,19H,11H2,1-3H3,(H,20,22). The van der Waals surface area contributed by atoms with Crippen molar-refractivity contribution < 1.29 is 4.79 Å². The summed E-state index contributed by atoms with van der Waals surface area (Å²) < 4.78 is 0.885. The Bertz CT molecular complexity index is 653. The molecular weight excluding hydrogens is 342 g/mol. The van der Waals surface area contributed by atoms with Crippen LogP contribution in [0.5, 0.6) is 0 Å². The molecule has 2 N–H and O–H groups in total. The highest BCUT2D eigenvalue weighted by molar-refractivity contribution is 9.10. The Kier molecular flexibility index (Phi) is 5.44. The predicted octanol–water partition coefficient (Wildman–Crippen LogP) is 3.87. The second kappa shape index (κ2) is 7.31. The van der Waals surface area contributed by atoms with Crippen LogP contribution in [0.3, 0.4) is 0 Å². The van der Waals surface area contributed by atoms with E-state index >= 15 is 0 Å². The molecule has 0 saturated heterocycles. The Hall–Kier alpha value is -2.01. The van der Waals surface area contributed by atoms with Crippen LogP contribution in [0.1, 0.15) is 5.56 Å². The van der Waals surface area contributed by atoms with Gasteiger partial charge in [0.15, 0.2) is 0 Å². The van der Waals surface area contributed by atoms with Crippen molar-refractivity contribution in [3.8, 4) is 0 Å². The Labute approximate surface area is 139 Å². The lowest BCUT2D eigenvalue weighted by Gasteiger charge is -2.13. The lowest BCUT2D eigenvalue weighted by atomic mass is 10.2. The van der Waals surface area contributed by atoms with Crippen molar-refractivity contribution in [2.75, 3.05) is 36.2 Å². The highest BCUT2D eigenvalue weighted by Gasteiger charge is 2.06. The van der Waals surface area contributed by atoms with E-state index in [1.165, 1.54) is 0 Å². The molecular formula is C17H20BrN3O. The number of amides is 1. The summed E-state index contributed by atoms with van der Waals surface area (Å²) in [6.45, 7) is 2.23. The molecule has 2 aromatic carbocycles. The van der Waals surface area contributed by atoms with E-state index < -0.39 is 0 Å². The number of hydrogen-bond acceptors (Lipinski definition) is 3. The average Bonchev–Trinajstić information content (AvgIpc) is 2.48. The van der Waals surface area contributed by atoms with Gasteiger partial charge in [-0.1, -0.05) is 6.07 Å². The van der Waals surface area contributed by atoms with Crippen LogP contribution in [0.25, 0.3) is 0 Å². The van der Waals surface area contributed by atoms with Crippen molar-refractivity contribution in [1.82, 2.24) is 0 Å². The Morgan fingerprint density at radius 3 is 2.41 bits per heavy atom. The van der Waals surface area contributed by atoms with E-state index in [1.54, 1.807) is 0 Å². The Morgan fingerprint density at radius 2 is 1.82 bits per heavy atom. The fourth-order valence-electron chi connectivity index (χ4n) is 1.98. The zero-order valence-electron chi connectivity index (χ0n) is 13.0. The number of anilines is 3. The zero-order chi connectivity index (χ0) is 16.1. The molecule has 22 heavy (non-hydrogen) atoms. The quantitative estimate of drug-likeness (QED) is 0.849. The summed E-state index contributed by atoms with van der Waals surface area (Å²) >= 11 is 3.45. The van der Waals surface area contributed by atoms with Gasteiger partial charge in [-0.05, 0) is 64.8 Å². The monoisotopic (exact) mass is 361 g/mol. The van der Waals surface area contributed by atoms with Crippen LogP contribution in [0.2, 0.25) is 0 Å². The van der Waals surface area contributed by atoms with E-state index in [-0.39, 0.29) is 12.5 Å². The van der Waals surface area contributed by atoms with Gasteiger partial charge in [-0.2, -0.15) is 0 Å². The van der Waals surface area contributed by atoms with Crippen molar-refractivity contribution >= 4 is 38.9 Å². The third-order valence-corrected chi connectivity index (χ3v) is 3.89. The summed E-state index contributed by atoms with van der Waals surface area (Å²) in [6.07, 6.45) is 0. The topological polar surface area (TPSA) is 44.4 Å². The number of benzene rings is 2. The lowest BCUT2D eigenvalue weighted by Crippen LogP contribution is -2.22. The van der Waals surface area contributed by atoms with Crippen molar-refractivity contribution in [3.05, 3.63) is 52.5 Å². The second-order valence-electron chi connectivity index (χ2n) is 5.33. The molecule has 5 heteroatoms. The molecule has 0 aliphatic heterocycles. The van der Waals surface area contributed by atoms with Gasteiger partial charge < -0.3 is 15.5 Å². The first kappa shape index (κ1) is 16.4. The minimum absolute atomic E-state index is 0.0822. The van der Waals surface area contributed by atoms with Gasteiger partial charge >= 0.3 is 0 Å². The summed E-state index contributed by atoms with van der Waals surface area (Å²) in [7, 11) is 3.99. The summed E-state index contributed by atoms with van der Waals surface area (Å²) in [5, 5.41) is 6.00. The fraction of sp³-hybridized carbons (Fsp3) is 0.235. The van der Waals surface area contributed by atoms with Crippen LogP contribution in [0.15, 0.2) is 46.9 Å². The van der Waals surface area contributed by atoms with Gasteiger partial charge in [-0.15, -0.1) is 0 Å². The molecule has 2 rings (SSSR count). The van der Waals surface area contributed by atoms with Crippen molar-refractivity contribution in [1.29, 1.82) is 0 Å². The molecule has 4 nitrogen and oxygen atoms in total. The molecule has 0 radical (unpaired) electrons. The molecule has 116 valence electrons. The van der Waals surface area contributed by atoms with Crippen molar-refractivity contribution in [2.24, 2.45) is 0 Å². The van der Waals surface area contributed by atoms with E-state index in [0.717, 1.165) is 27.1 Å². The largest absolute Gasteiger partial charge is 0.378 e. The molecule has 2 aromatic rings. The first-order chi connectivity index (χ1) is 10.5. The maximum absolute atomic E-state index is 12.0. The van der Waals surface area contributed by atoms with Gasteiger partial charge in [0.1, 0.15) is 0 Å². The number of hydrogen-bond donors (Lipinski definition) is 2. The highest BCUT2D eigenvalue weighted by atomic mass is 79.9. The number of nitrogens with one attached hydrogen (secondary N) is 2. The highest BCUT2D eigenvalue weighted by Crippen LogP contribution is 2.23. The van der Waals surface area contributed by atoms with Crippen molar-refractivity contribution in [3.63, 3.8) is 0 Å². The van der Waals surface area contributed by atoms with E-state index in [2.05, 4.69) is 26.6 Å². The third-order valence-electron chi connectivity index (χ3n) is 3.24. The van der Waals surface area contributed by atoms with Crippen LogP contribution in [-0.4, -0.2) is 26.5 Å². The molecule has 0 aliphatic rings. The maximum atomic E-state index is 12.0. The van der Waals surface area contributed by atoms with Crippen LogP contribution in [0.4, 0.5) is 17.1 Å². The van der Waals surface area contributed by atoms with E-state index in [9.17, 15) is 4.79 Å². The summed E-state index contributed by atoms with van der Waals surface area (Å²) in [6, 6.07) is 13.8. The van der Waals surface area contributed by atoms with Gasteiger partial charge in [0.2, 0.25) is 5.91 Å². The minimum Gasteiger partial charge on any atom is -0.378 e. The molecule has 0 atom stereocenters. The third kappa shape index (κ3) is 4.49. The molecule has 0 aliphatic carbocycles. The molecule has 0 heterocycles. The predicted molar refractivity (Wildman–Crippen MR) is 96.8 cm³/mol. The lowest BCUT2D eigenvalue weighted by molar-refractivity contribution is -0.114. The normalized spacial score (nSPS) is 10.2. The Morgan fingerprint density at radius 1 is 1.14 bits per heavy atom. The van der Waals surface area contributed by atoms with Gasteiger partial charge in [0.05, 0.1) is 12.2 Å². The van der Waals surface area contributed by atoms with Gasteiger partial charge in [0, 0.05) is 29.9 Å². The molecule has 1 amide bonds.